The molecule has 2 fully saturated rings. The molecule has 5 heteroatoms. The molecule has 1 aliphatic carbocycles. The second-order valence-corrected chi connectivity index (χ2v) is 6.95. The minimum Gasteiger partial charge on any atom is -0.352 e. The molecule has 0 unspecified atom stereocenters. The van der Waals surface area contributed by atoms with Crippen LogP contribution in [0.15, 0.2) is 42.9 Å². The fourth-order valence-electron chi connectivity index (χ4n) is 3.91. The highest BCUT2D eigenvalue weighted by Gasteiger charge is 2.38. The molecule has 4 nitrogen and oxygen atoms in total. The maximum absolute atomic E-state index is 5.49. The number of likely N-dealkylation sites (N-methyl/N-ethyl adjacent to an activating group) is 1. The van der Waals surface area contributed by atoms with E-state index in [0.717, 1.165) is 10.8 Å². The molecule has 0 aromatic carbocycles. The minimum atomic E-state index is 0.105. The van der Waals surface area contributed by atoms with Crippen molar-refractivity contribution in [3.63, 3.8) is 0 Å². The Morgan fingerprint density at radius 1 is 1.22 bits per heavy atom. The van der Waals surface area contributed by atoms with E-state index in [1.54, 1.807) is 0 Å². The van der Waals surface area contributed by atoms with Gasteiger partial charge in [0.2, 0.25) is 0 Å². The number of hydrogen-bond donors (Lipinski definition) is 1. The van der Waals surface area contributed by atoms with E-state index < -0.39 is 0 Å². The van der Waals surface area contributed by atoms with E-state index in [9.17, 15) is 0 Å². The molecule has 1 aliphatic heterocycles. The van der Waals surface area contributed by atoms with Gasteiger partial charge in [-0.15, -0.1) is 0 Å². The topological polar surface area (TPSA) is 33.1 Å². The van der Waals surface area contributed by atoms with Crippen LogP contribution in [0.4, 0.5) is 0 Å². The van der Waals surface area contributed by atoms with Crippen molar-refractivity contribution in [2.24, 2.45) is 0 Å². The standard InChI is InChI=1S/C18H22N4S/c1-21-17(13-9-11-22(12-13)14-6-2-3-7-14)16(20-18(21)23)15-8-4-5-10-19-15/h4-5,8-12,14,16-17H,2-3,6-7H2,1H3,(H,20,23)/t16-,17+/m1/s1. The van der Waals surface area contributed by atoms with E-state index in [0.29, 0.717) is 6.04 Å². The lowest BCUT2D eigenvalue weighted by Gasteiger charge is -2.23. The molecule has 1 saturated heterocycles. The third-order valence-electron chi connectivity index (χ3n) is 5.16. The van der Waals surface area contributed by atoms with Crippen molar-refractivity contribution >= 4 is 17.3 Å². The number of thiocarbonyl (C=S) groups is 1. The van der Waals surface area contributed by atoms with E-state index in [1.165, 1.54) is 31.2 Å². The zero-order chi connectivity index (χ0) is 15.8. The van der Waals surface area contributed by atoms with Crippen molar-refractivity contribution in [2.45, 2.75) is 43.8 Å². The number of nitrogens with zero attached hydrogens (tertiary/aromatic N) is 3. The SMILES string of the molecule is CN1C(=S)N[C@H](c2ccccn2)[C@@H]1c1ccn(C2CCCC2)c1. The number of hydrogen-bond acceptors (Lipinski definition) is 2. The highest BCUT2D eigenvalue weighted by atomic mass is 32.1. The van der Waals surface area contributed by atoms with Crippen LogP contribution < -0.4 is 5.32 Å². The van der Waals surface area contributed by atoms with Crippen LogP contribution in [0.2, 0.25) is 0 Å². The Kier molecular flexibility index (Phi) is 3.81. The first-order valence-corrected chi connectivity index (χ1v) is 8.76. The Morgan fingerprint density at radius 3 is 2.78 bits per heavy atom. The number of pyridine rings is 1. The summed E-state index contributed by atoms with van der Waals surface area (Å²) in [7, 11) is 2.07. The van der Waals surface area contributed by atoms with E-state index in [-0.39, 0.29) is 12.1 Å². The summed E-state index contributed by atoms with van der Waals surface area (Å²) in [4.78, 5) is 6.69. The van der Waals surface area contributed by atoms with E-state index >= 15 is 0 Å². The van der Waals surface area contributed by atoms with Gasteiger partial charge >= 0.3 is 0 Å². The molecule has 0 spiro atoms. The summed E-state index contributed by atoms with van der Waals surface area (Å²) in [6.45, 7) is 0. The van der Waals surface area contributed by atoms with Gasteiger partial charge in [-0.1, -0.05) is 18.9 Å². The van der Waals surface area contributed by atoms with Gasteiger partial charge in [0.15, 0.2) is 5.11 Å². The fourth-order valence-corrected chi connectivity index (χ4v) is 4.15. The van der Waals surface area contributed by atoms with Crippen molar-refractivity contribution in [1.82, 2.24) is 19.8 Å². The van der Waals surface area contributed by atoms with Crippen molar-refractivity contribution < 1.29 is 0 Å². The lowest BCUT2D eigenvalue weighted by Crippen LogP contribution is -2.24. The first-order valence-electron chi connectivity index (χ1n) is 8.35. The van der Waals surface area contributed by atoms with E-state index in [1.807, 2.05) is 18.3 Å². The predicted octanol–water partition coefficient (Wildman–Crippen LogP) is 3.60. The molecule has 0 bridgehead atoms. The van der Waals surface area contributed by atoms with Crippen LogP contribution in [-0.4, -0.2) is 26.6 Å². The highest BCUT2D eigenvalue weighted by molar-refractivity contribution is 7.80. The Balaban J connectivity index is 1.66. The molecule has 1 N–H and O–H groups in total. The van der Waals surface area contributed by atoms with Crippen LogP contribution >= 0.6 is 12.2 Å². The average Bonchev–Trinajstić information content (AvgIpc) is 3.29. The summed E-state index contributed by atoms with van der Waals surface area (Å²) >= 11 is 5.49. The molecule has 4 rings (SSSR count). The minimum absolute atomic E-state index is 0.105. The van der Waals surface area contributed by atoms with Gasteiger partial charge in [0, 0.05) is 31.7 Å². The van der Waals surface area contributed by atoms with Gasteiger partial charge in [0.25, 0.3) is 0 Å². The highest BCUT2D eigenvalue weighted by Crippen LogP contribution is 2.38. The van der Waals surface area contributed by atoms with Crippen molar-refractivity contribution in [1.29, 1.82) is 0 Å². The molecule has 0 amide bonds. The van der Waals surface area contributed by atoms with Crippen LogP contribution in [0.3, 0.4) is 0 Å². The Labute approximate surface area is 142 Å². The van der Waals surface area contributed by atoms with Gasteiger partial charge in [-0.2, -0.15) is 0 Å². The van der Waals surface area contributed by atoms with Crippen molar-refractivity contribution in [3.8, 4) is 0 Å². The third-order valence-corrected chi connectivity index (χ3v) is 5.57. The summed E-state index contributed by atoms with van der Waals surface area (Å²) in [5.74, 6) is 0. The molecule has 1 saturated carbocycles. The Morgan fingerprint density at radius 2 is 2.04 bits per heavy atom. The van der Waals surface area contributed by atoms with Gasteiger partial charge in [-0.05, 0) is 48.8 Å². The molecule has 2 atom stereocenters. The summed E-state index contributed by atoms with van der Waals surface area (Å²) in [6, 6.07) is 9.26. The zero-order valence-electron chi connectivity index (χ0n) is 13.4. The number of rotatable bonds is 3. The summed E-state index contributed by atoms with van der Waals surface area (Å²) in [5.41, 5.74) is 2.35. The summed E-state index contributed by atoms with van der Waals surface area (Å²) < 4.78 is 2.40. The average molecular weight is 326 g/mol. The zero-order valence-corrected chi connectivity index (χ0v) is 14.2. The Hall–Kier alpha value is -1.88. The third kappa shape index (κ3) is 2.63. The summed E-state index contributed by atoms with van der Waals surface area (Å²) in [5, 5.41) is 4.22. The molecule has 0 radical (unpaired) electrons. The van der Waals surface area contributed by atoms with Gasteiger partial charge in [0.1, 0.15) is 0 Å². The molecule has 23 heavy (non-hydrogen) atoms. The van der Waals surface area contributed by atoms with Crippen LogP contribution in [0.1, 0.15) is 55.1 Å². The van der Waals surface area contributed by atoms with Crippen LogP contribution in [0.25, 0.3) is 0 Å². The monoisotopic (exact) mass is 326 g/mol. The number of nitrogens with one attached hydrogen (secondary N) is 1. The lowest BCUT2D eigenvalue weighted by molar-refractivity contribution is 0.367. The Bertz CT molecular complexity index is 690. The van der Waals surface area contributed by atoms with Crippen LogP contribution in [0, 0.1) is 0 Å². The first-order chi connectivity index (χ1) is 11.2. The predicted molar refractivity (Wildman–Crippen MR) is 95.2 cm³/mol. The van der Waals surface area contributed by atoms with Crippen molar-refractivity contribution in [3.05, 3.63) is 54.1 Å². The first kappa shape index (κ1) is 14.7. The molecule has 120 valence electrons. The van der Waals surface area contributed by atoms with Crippen LogP contribution in [-0.2, 0) is 0 Å². The second kappa shape index (κ2) is 5.96. The van der Waals surface area contributed by atoms with Gasteiger partial charge < -0.3 is 14.8 Å². The fraction of sp³-hybridized carbons (Fsp3) is 0.444. The molecular formula is C18H22N4S. The molecular weight excluding hydrogens is 304 g/mol. The molecule has 3 heterocycles. The maximum Gasteiger partial charge on any atom is 0.169 e. The van der Waals surface area contributed by atoms with Gasteiger partial charge in [-0.25, -0.2) is 0 Å². The number of aromatic nitrogens is 2. The lowest BCUT2D eigenvalue weighted by atomic mass is 9.99. The normalized spacial score (nSPS) is 25.1. The molecule has 2 aromatic heterocycles. The van der Waals surface area contributed by atoms with Gasteiger partial charge in [-0.3, -0.25) is 4.98 Å². The van der Waals surface area contributed by atoms with Crippen molar-refractivity contribution in [2.75, 3.05) is 7.05 Å². The summed E-state index contributed by atoms with van der Waals surface area (Å²) in [6.07, 6.45) is 11.7. The quantitative estimate of drug-likeness (QED) is 0.874. The van der Waals surface area contributed by atoms with E-state index in [2.05, 4.69) is 51.3 Å². The smallest absolute Gasteiger partial charge is 0.169 e. The molecule has 2 aliphatic rings. The molecule has 2 aromatic rings. The van der Waals surface area contributed by atoms with Gasteiger partial charge in [0.05, 0.1) is 17.8 Å². The second-order valence-electron chi connectivity index (χ2n) is 6.57. The maximum atomic E-state index is 5.49. The largest absolute Gasteiger partial charge is 0.352 e. The van der Waals surface area contributed by atoms with Crippen LogP contribution in [0.5, 0.6) is 0 Å². The van der Waals surface area contributed by atoms with E-state index in [4.69, 9.17) is 12.2 Å².